The zero-order valence-corrected chi connectivity index (χ0v) is 13.9. The van der Waals surface area contributed by atoms with E-state index in [1.807, 2.05) is 43.3 Å². The highest BCUT2D eigenvalue weighted by Crippen LogP contribution is 2.12. The fourth-order valence-corrected chi connectivity index (χ4v) is 2.24. The van der Waals surface area contributed by atoms with Gasteiger partial charge in [-0.2, -0.15) is 0 Å². The first-order valence-electron chi connectivity index (χ1n) is 7.88. The molecule has 1 atom stereocenters. The van der Waals surface area contributed by atoms with E-state index in [4.69, 9.17) is 4.74 Å². The molecule has 0 aliphatic heterocycles. The van der Waals surface area contributed by atoms with Crippen molar-refractivity contribution in [2.75, 3.05) is 12.4 Å². The lowest BCUT2D eigenvalue weighted by Gasteiger charge is -2.15. The van der Waals surface area contributed by atoms with E-state index < -0.39 is 0 Å². The summed E-state index contributed by atoms with van der Waals surface area (Å²) in [7, 11) is 1.64. The Bertz CT molecular complexity index is 621. The van der Waals surface area contributed by atoms with Crippen molar-refractivity contribution < 1.29 is 9.53 Å². The molecule has 0 saturated carbocycles. The van der Waals surface area contributed by atoms with Crippen LogP contribution in [0.25, 0.3) is 0 Å². The van der Waals surface area contributed by atoms with Gasteiger partial charge in [0, 0.05) is 12.2 Å². The van der Waals surface area contributed by atoms with Gasteiger partial charge in [0.15, 0.2) is 0 Å². The zero-order chi connectivity index (χ0) is 16.7. The molecule has 0 fully saturated rings. The lowest BCUT2D eigenvalue weighted by atomic mass is 10.1. The summed E-state index contributed by atoms with van der Waals surface area (Å²) in [6.07, 6.45) is 1.01. The third-order valence-electron chi connectivity index (χ3n) is 3.76. The van der Waals surface area contributed by atoms with Crippen LogP contribution < -0.4 is 15.4 Å². The fourth-order valence-electron chi connectivity index (χ4n) is 2.24. The number of ether oxygens (including phenoxy) is 1. The highest BCUT2D eigenvalue weighted by Gasteiger charge is 2.12. The van der Waals surface area contributed by atoms with Crippen LogP contribution in [0.5, 0.6) is 5.75 Å². The van der Waals surface area contributed by atoms with Crippen molar-refractivity contribution >= 4 is 11.6 Å². The molecule has 122 valence electrons. The Morgan fingerprint density at radius 3 is 2.22 bits per heavy atom. The molecule has 2 N–H and O–H groups in total. The normalized spacial score (nSPS) is 11.6. The molecule has 0 spiro atoms. The van der Waals surface area contributed by atoms with Gasteiger partial charge >= 0.3 is 0 Å². The Morgan fingerprint density at radius 2 is 1.65 bits per heavy atom. The minimum absolute atomic E-state index is 0.0274. The summed E-state index contributed by atoms with van der Waals surface area (Å²) in [6.45, 7) is 4.48. The molecule has 0 aromatic heterocycles. The largest absolute Gasteiger partial charge is 0.497 e. The van der Waals surface area contributed by atoms with Gasteiger partial charge in [-0.15, -0.1) is 0 Å². The number of carbonyl (C=O) groups is 1. The van der Waals surface area contributed by atoms with E-state index >= 15 is 0 Å². The Hall–Kier alpha value is -2.49. The van der Waals surface area contributed by atoms with Crippen molar-refractivity contribution in [1.29, 1.82) is 0 Å². The first kappa shape index (κ1) is 16.9. The van der Waals surface area contributed by atoms with Crippen LogP contribution in [0, 0.1) is 0 Å². The summed E-state index contributed by atoms with van der Waals surface area (Å²) < 4.78 is 5.12. The second-order valence-corrected chi connectivity index (χ2v) is 5.48. The van der Waals surface area contributed by atoms with Gasteiger partial charge < -0.3 is 15.4 Å². The summed E-state index contributed by atoms with van der Waals surface area (Å²) in [4.78, 5) is 12.2. The molecule has 4 nitrogen and oxygen atoms in total. The molecule has 2 aromatic rings. The predicted molar refractivity (Wildman–Crippen MR) is 93.7 cm³/mol. The molecular formula is C19H24N2O2. The Morgan fingerprint density at radius 1 is 1.04 bits per heavy atom. The van der Waals surface area contributed by atoms with Gasteiger partial charge in [-0.3, -0.25) is 4.79 Å². The average Bonchev–Trinajstić information content (AvgIpc) is 2.60. The van der Waals surface area contributed by atoms with Gasteiger partial charge in [-0.1, -0.05) is 31.2 Å². The van der Waals surface area contributed by atoms with Crippen molar-refractivity contribution in [3.63, 3.8) is 0 Å². The number of methoxy groups -OCH3 is 1. The lowest BCUT2D eigenvalue weighted by Crippen LogP contribution is -2.37. The van der Waals surface area contributed by atoms with Crippen molar-refractivity contribution in [1.82, 2.24) is 5.32 Å². The molecule has 0 aliphatic rings. The number of rotatable bonds is 7. The summed E-state index contributed by atoms with van der Waals surface area (Å²) in [5.74, 6) is 0.783. The molecule has 0 aliphatic carbocycles. The van der Waals surface area contributed by atoms with Crippen molar-refractivity contribution in [2.24, 2.45) is 0 Å². The number of hydrogen-bond acceptors (Lipinski definition) is 3. The third-order valence-corrected chi connectivity index (χ3v) is 3.76. The Labute approximate surface area is 137 Å². The smallest absolute Gasteiger partial charge is 0.242 e. The number of benzene rings is 2. The molecule has 0 bridgehead atoms. The van der Waals surface area contributed by atoms with Gasteiger partial charge in [0.05, 0.1) is 7.11 Å². The maximum absolute atomic E-state index is 12.2. The summed E-state index contributed by atoms with van der Waals surface area (Å²) in [5.41, 5.74) is 3.28. The number of anilines is 1. The second-order valence-electron chi connectivity index (χ2n) is 5.48. The van der Waals surface area contributed by atoms with E-state index in [0.29, 0.717) is 6.54 Å². The van der Waals surface area contributed by atoms with Crippen LogP contribution in [0.1, 0.15) is 25.0 Å². The highest BCUT2D eigenvalue weighted by molar-refractivity contribution is 5.84. The van der Waals surface area contributed by atoms with Crippen LogP contribution in [-0.4, -0.2) is 19.1 Å². The van der Waals surface area contributed by atoms with Gasteiger partial charge in [-0.25, -0.2) is 0 Å². The van der Waals surface area contributed by atoms with E-state index in [9.17, 15) is 4.79 Å². The average molecular weight is 312 g/mol. The fraction of sp³-hybridized carbons (Fsp3) is 0.316. The summed E-state index contributed by atoms with van der Waals surface area (Å²) >= 11 is 0. The number of hydrogen-bond donors (Lipinski definition) is 2. The van der Waals surface area contributed by atoms with Crippen LogP contribution >= 0.6 is 0 Å². The maximum atomic E-state index is 12.2. The van der Waals surface area contributed by atoms with Crippen LogP contribution in [0.4, 0.5) is 5.69 Å². The van der Waals surface area contributed by atoms with Gasteiger partial charge in [-0.05, 0) is 48.7 Å². The second kappa shape index (κ2) is 8.22. The molecule has 23 heavy (non-hydrogen) atoms. The first-order valence-corrected chi connectivity index (χ1v) is 7.88. The molecule has 4 heteroatoms. The molecule has 2 aromatic carbocycles. The molecule has 0 unspecified atom stereocenters. The predicted octanol–water partition coefficient (Wildman–Crippen LogP) is 3.37. The van der Waals surface area contributed by atoms with E-state index in [0.717, 1.165) is 23.4 Å². The SMILES string of the molecule is CCc1ccc(N[C@H](C)C(=O)NCc2ccc(OC)cc2)cc1. The standard InChI is InChI=1S/C19H24N2O2/c1-4-15-5-9-17(10-6-15)21-14(2)19(22)20-13-16-7-11-18(23-3)12-8-16/h5-12,14,21H,4,13H2,1-3H3,(H,20,22)/t14-/m1/s1. The summed E-state index contributed by atoms with van der Waals surface area (Å²) in [6, 6.07) is 15.5. The van der Waals surface area contributed by atoms with Crippen molar-refractivity contribution in [2.45, 2.75) is 32.9 Å². The van der Waals surface area contributed by atoms with Gasteiger partial charge in [0.1, 0.15) is 11.8 Å². The molecular weight excluding hydrogens is 288 g/mol. The summed E-state index contributed by atoms with van der Waals surface area (Å²) in [5, 5.41) is 6.15. The Kier molecular flexibility index (Phi) is 6.03. The van der Waals surface area contributed by atoms with E-state index in [-0.39, 0.29) is 11.9 Å². The molecule has 0 saturated heterocycles. The molecule has 1 amide bonds. The van der Waals surface area contributed by atoms with E-state index in [1.165, 1.54) is 5.56 Å². The van der Waals surface area contributed by atoms with Crippen LogP contribution in [0.2, 0.25) is 0 Å². The molecule has 2 rings (SSSR count). The Balaban J connectivity index is 1.83. The van der Waals surface area contributed by atoms with Gasteiger partial charge in [0.2, 0.25) is 5.91 Å². The minimum atomic E-state index is -0.291. The van der Waals surface area contributed by atoms with Crippen molar-refractivity contribution in [3.05, 3.63) is 59.7 Å². The van der Waals surface area contributed by atoms with Crippen LogP contribution in [0.3, 0.4) is 0 Å². The maximum Gasteiger partial charge on any atom is 0.242 e. The van der Waals surface area contributed by atoms with Crippen molar-refractivity contribution in [3.8, 4) is 5.75 Å². The number of amides is 1. The number of aryl methyl sites for hydroxylation is 1. The third kappa shape index (κ3) is 5.02. The monoisotopic (exact) mass is 312 g/mol. The van der Waals surface area contributed by atoms with Crippen LogP contribution in [0.15, 0.2) is 48.5 Å². The van der Waals surface area contributed by atoms with E-state index in [2.05, 4.69) is 29.7 Å². The molecule has 0 heterocycles. The quantitative estimate of drug-likeness (QED) is 0.824. The number of nitrogens with one attached hydrogen (secondary N) is 2. The lowest BCUT2D eigenvalue weighted by molar-refractivity contribution is -0.121. The van der Waals surface area contributed by atoms with E-state index in [1.54, 1.807) is 7.11 Å². The molecule has 0 radical (unpaired) electrons. The van der Waals surface area contributed by atoms with Crippen LogP contribution in [-0.2, 0) is 17.8 Å². The number of carbonyl (C=O) groups excluding carboxylic acids is 1. The zero-order valence-electron chi connectivity index (χ0n) is 13.9. The topological polar surface area (TPSA) is 50.4 Å². The first-order chi connectivity index (χ1) is 11.1. The minimum Gasteiger partial charge on any atom is -0.497 e. The van der Waals surface area contributed by atoms with Gasteiger partial charge in [0.25, 0.3) is 0 Å². The highest BCUT2D eigenvalue weighted by atomic mass is 16.5.